The van der Waals surface area contributed by atoms with Gasteiger partial charge in [-0.3, -0.25) is 4.79 Å². The van der Waals surface area contributed by atoms with Crippen molar-refractivity contribution in [3.05, 3.63) is 29.8 Å². The molecule has 0 aliphatic rings. The lowest BCUT2D eigenvalue weighted by molar-refractivity contribution is -0.145. The average molecular weight is 265 g/mol. The summed E-state index contributed by atoms with van der Waals surface area (Å²) in [6, 6.07) is 8.08. The van der Waals surface area contributed by atoms with Crippen molar-refractivity contribution in [2.45, 2.75) is 26.3 Å². The lowest BCUT2D eigenvalue weighted by atomic mass is 9.98. The number of hydrogen-bond acceptors (Lipinski definition) is 4. The van der Waals surface area contributed by atoms with Crippen LogP contribution < -0.4 is 10.1 Å². The van der Waals surface area contributed by atoms with E-state index in [0.717, 1.165) is 11.3 Å². The summed E-state index contributed by atoms with van der Waals surface area (Å²) in [7, 11) is 3.06. The fourth-order valence-electron chi connectivity index (χ4n) is 1.92. The normalized spacial score (nSPS) is 12.3. The lowest BCUT2D eigenvalue weighted by Crippen LogP contribution is -2.34. The van der Waals surface area contributed by atoms with Crippen LogP contribution in [0, 0.1) is 5.92 Å². The quantitative estimate of drug-likeness (QED) is 0.766. The van der Waals surface area contributed by atoms with E-state index in [1.165, 1.54) is 7.11 Å². The zero-order chi connectivity index (χ0) is 14.3. The summed E-state index contributed by atoms with van der Waals surface area (Å²) in [4.78, 5) is 11.8. The predicted molar refractivity (Wildman–Crippen MR) is 75.3 cm³/mol. The Morgan fingerprint density at radius 2 is 1.95 bits per heavy atom. The van der Waals surface area contributed by atoms with Crippen LogP contribution in [0.15, 0.2) is 24.3 Å². The van der Waals surface area contributed by atoms with Crippen LogP contribution in [-0.4, -0.2) is 32.8 Å². The summed E-state index contributed by atoms with van der Waals surface area (Å²) in [5.41, 5.74) is 1.02. The fraction of sp³-hybridized carbons (Fsp3) is 0.533. The lowest BCUT2D eigenvalue weighted by Gasteiger charge is -2.18. The molecule has 0 heterocycles. The van der Waals surface area contributed by atoms with Crippen molar-refractivity contribution in [1.29, 1.82) is 0 Å². The Kier molecular flexibility index (Phi) is 6.36. The van der Waals surface area contributed by atoms with Crippen LogP contribution >= 0.6 is 0 Å². The van der Waals surface area contributed by atoms with Crippen LogP contribution in [0.25, 0.3) is 0 Å². The number of para-hydroxylation sites is 1. The second-order valence-corrected chi connectivity index (χ2v) is 4.80. The molecule has 1 aromatic carbocycles. The third-order valence-electron chi connectivity index (χ3n) is 2.97. The van der Waals surface area contributed by atoms with E-state index in [9.17, 15) is 4.79 Å². The number of carbonyl (C=O) groups excluding carboxylic acids is 1. The minimum Gasteiger partial charge on any atom is -0.496 e. The second kappa shape index (κ2) is 7.79. The summed E-state index contributed by atoms with van der Waals surface area (Å²) in [5, 5.41) is 3.28. The van der Waals surface area contributed by atoms with Crippen molar-refractivity contribution in [2.75, 3.05) is 20.8 Å². The molecule has 0 aromatic heterocycles. The summed E-state index contributed by atoms with van der Waals surface area (Å²) in [5.74, 6) is 0.406. The monoisotopic (exact) mass is 265 g/mol. The molecule has 0 fully saturated rings. The molecule has 0 spiro atoms. The van der Waals surface area contributed by atoms with Crippen molar-refractivity contribution in [1.82, 2.24) is 5.32 Å². The molecule has 1 N–H and O–H groups in total. The number of benzene rings is 1. The molecule has 1 aromatic rings. The van der Waals surface area contributed by atoms with Gasteiger partial charge in [0.1, 0.15) is 5.75 Å². The maximum absolute atomic E-state index is 11.8. The summed E-state index contributed by atoms with van der Waals surface area (Å²) in [6.07, 6.45) is 0.608. The first-order valence-corrected chi connectivity index (χ1v) is 6.51. The molecule has 0 bridgehead atoms. The topological polar surface area (TPSA) is 47.6 Å². The second-order valence-electron chi connectivity index (χ2n) is 4.80. The molecule has 0 saturated heterocycles. The molecule has 19 heavy (non-hydrogen) atoms. The smallest absolute Gasteiger partial charge is 0.310 e. The van der Waals surface area contributed by atoms with Gasteiger partial charge in [0.25, 0.3) is 0 Å². The van der Waals surface area contributed by atoms with E-state index in [2.05, 4.69) is 19.2 Å². The number of nitrogens with one attached hydrogen (secondary N) is 1. The summed E-state index contributed by atoms with van der Waals surface area (Å²) < 4.78 is 10.2. The molecular weight excluding hydrogens is 242 g/mol. The highest BCUT2D eigenvalue weighted by Crippen LogP contribution is 2.21. The summed E-state index contributed by atoms with van der Waals surface area (Å²) in [6.45, 7) is 4.71. The highest BCUT2D eigenvalue weighted by Gasteiger charge is 2.21. The van der Waals surface area contributed by atoms with Gasteiger partial charge in [-0.15, -0.1) is 0 Å². The Balaban J connectivity index is 2.78. The van der Waals surface area contributed by atoms with E-state index in [4.69, 9.17) is 9.47 Å². The molecular formula is C15H23NO3. The van der Waals surface area contributed by atoms with Crippen molar-refractivity contribution < 1.29 is 14.3 Å². The molecule has 4 heteroatoms. The third kappa shape index (κ3) is 4.91. The van der Waals surface area contributed by atoms with Crippen LogP contribution in [0.5, 0.6) is 5.75 Å². The number of carbonyl (C=O) groups is 1. The van der Waals surface area contributed by atoms with Crippen molar-refractivity contribution in [3.63, 3.8) is 0 Å². The van der Waals surface area contributed by atoms with Gasteiger partial charge in [0, 0.05) is 12.6 Å². The van der Waals surface area contributed by atoms with E-state index in [1.807, 2.05) is 24.3 Å². The Morgan fingerprint density at radius 3 is 2.53 bits per heavy atom. The van der Waals surface area contributed by atoms with Crippen molar-refractivity contribution in [2.24, 2.45) is 5.92 Å². The van der Waals surface area contributed by atoms with Gasteiger partial charge in [0.2, 0.25) is 0 Å². The largest absolute Gasteiger partial charge is 0.496 e. The Bertz CT molecular complexity index is 404. The number of esters is 1. The van der Waals surface area contributed by atoms with Gasteiger partial charge < -0.3 is 14.8 Å². The molecule has 1 atom stereocenters. The molecule has 4 nitrogen and oxygen atoms in total. The Morgan fingerprint density at radius 1 is 1.26 bits per heavy atom. The minimum atomic E-state index is -0.205. The first-order valence-electron chi connectivity index (χ1n) is 6.51. The molecule has 0 radical (unpaired) electrons. The predicted octanol–water partition coefficient (Wildman–Crippen LogP) is 2.02. The van der Waals surface area contributed by atoms with Crippen LogP contribution in [0.3, 0.4) is 0 Å². The van der Waals surface area contributed by atoms with Gasteiger partial charge in [-0.1, -0.05) is 32.0 Å². The first-order chi connectivity index (χ1) is 9.08. The van der Waals surface area contributed by atoms with E-state index in [0.29, 0.717) is 19.0 Å². The van der Waals surface area contributed by atoms with Gasteiger partial charge >= 0.3 is 5.97 Å². The maximum atomic E-state index is 11.8. The fourth-order valence-corrected chi connectivity index (χ4v) is 1.92. The maximum Gasteiger partial charge on any atom is 0.310 e. The van der Waals surface area contributed by atoms with Gasteiger partial charge in [-0.05, 0) is 18.1 Å². The molecule has 1 unspecified atom stereocenters. The van der Waals surface area contributed by atoms with E-state index in [-0.39, 0.29) is 11.9 Å². The third-order valence-corrected chi connectivity index (χ3v) is 2.97. The van der Waals surface area contributed by atoms with Gasteiger partial charge in [0.05, 0.1) is 20.1 Å². The Hall–Kier alpha value is -1.55. The molecule has 0 saturated carbocycles. The zero-order valence-electron chi connectivity index (χ0n) is 12.1. The standard InChI is InChI=1S/C15H23NO3/c1-11(2)16-10-13(15(17)19-4)9-12-7-5-6-8-14(12)18-3/h5-8,11,13,16H,9-10H2,1-4H3. The van der Waals surface area contributed by atoms with E-state index < -0.39 is 0 Å². The van der Waals surface area contributed by atoms with Gasteiger partial charge in [-0.25, -0.2) is 0 Å². The first kappa shape index (κ1) is 15.5. The molecule has 1 rings (SSSR count). The molecule has 0 amide bonds. The minimum absolute atomic E-state index is 0.195. The van der Waals surface area contributed by atoms with Crippen molar-refractivity contribution >= 4 is 5.97 Å². The number of ether oxygens (including phenoxy) is 2. The van der Waals surface area contributed by atoms with Gasteiger partial charge in [-0.2, -0.15) is 0 Å². The van der Waals surface area contributed by atoms with Crippen LogP contribution in [0.1, 0.15) is 19.4 Å². The number of rotatable bonds is 7. The van der Waals surface area contributed by atoms with Crippen LogP contribution in [0.2, 0.25) is 0 Å². The van der Waals surface area contributed by atoms with Crippen LogP contribution in [0.4, 0.5) is 0 Å². The molecule has 0 aliphatic heterocycles. The zero-order valence-corrected chi connectivity index (χ0v) is 12.1. The van der Waals surface area contributed by atoms with Crippen LogP contribution in [-0.2, 0) is 16.0 Å². The SMILES string of the molecule is COC(=O)C(CNC(C)C)Cc1ccccc1OC. The summed E-state index contributed by atoms with van der Waals surface area (Å²) >= 11 is 0. The van der Waals surface area contributed by atoms with E-state index >= 15 is 0 Å². The number of hydrogen-bond donors (Lipinski definition) is 1. The Labute approximate surface area is 115 Å². The average Bonchev–Trinajstić information content (AvgIpc) is 2.42. The highest BCUT2D eigenvalue weighted by molar-refractivity contribution is 5.73. The molecule has 106 valence electrons. The number of methoxy groups -OCH3 is 2. The molecule has 0 aliphatic carbocycles. The van der Waals surface area contributed by atoms with Gasteiger partial charge in [0.15, 0.2) is 0 Å². The highest BCUT2D eigenvalue weighted by atomic mass is 16.5. The van der Waals surface area contributed by atoms with E-state index in [1.54, 1.807) is 7.11 Å². The van der Waals surface area contributed by atoms with Crippen molar-refractivity contribution in [3.8, 4) is 5.75 Å².